The molecule has 0 saturated heterocycles. The van der Waals surface area contributed by atoms with Gasteiger partial charge >= 0.3 is 5.97 Å². The van der Waals surface area contributed by atoms with Gasteiger partial charge in [-0.3, -0.25) is 0 Å². The molecule has 0 aromatic rings. The fourth-order valence-electron chi connectivity index (χ4n) is 2.17. The van der Waals surface area contributed by atoms with E-state index in [1.807, 2.05) is 13.0 Å². The molecule has 0 aromatic carbocycles. The Morgan fingerprint density at radius 2 is 2.00 bits per heavy atom. The first-order valence-electron chi connectivity index (χ1n) is 5.26. The van der Waals surface area contributed by atoms with Gasteiger partial charge in [0.05, 0.1) is 0 Å². The summed E-state index contributed by atoms with van der Waals surface area (Å²) in [4.78, 5) is 11.2. The van der Waals surface area contributed by atoms with E-state index in [4.69, 9.17) is 4.74 Å². The highest BCUT2D eigenvalue weighted by Crippen LogP contribution is 2.31. The van der Waals surface area contributed by atoms with Crippen molar-refractivity contribution in [3.05, 3.63) is 22.8 Å². The smallest absolute Gasteiger partial charge is 0.334 e. The molecule has 1 aliphatic heterocycles. The summed E-state index contributed by atoms with van der Waals surface area (Å²) in [5.41, 5.74) is 3.50. The van der Waals surface area contributed by atoms with Crippen LogP contribution in [0, 0.1) is 0 Å². The molecule has 1 aliphatic carbocycles. The summed E-state index contributed by atoms with van der Waals surface area (Å²) < 4.78 is 5.29. The van der Waals surface area contributed by atoms with Crippen molar-refractivity contribution in [2.45, 2.75) is 45.6 Å². The van der Waals surface area contributed by atoms with Crippen LogP contribution in [0.15, 0.2) is 22.8 Å². The minimum absolute atomic E-state index is 0.0530. The molecular weight excluding hydrogens is 176 g/mol. The minimum Gasteiger partial charge on any atom is -0.450 e. The molecule has 0 bridgehead atoms. The first-order valence-corrected chi connectivity index (χ1v) is 5.26. The van der Waals surface area contributed by atoms with Gasteiger partial charge in [0.1, 0.15) is 6.10 Å². The molecule has 1 atom stereocenters. The summed E-state index contributed by atoms with van der Waals surface area (Å²) in [7, 11) is 0. The average molecular weight is 192 g/mol. The van der Waals surface area contributed by atoms with Crippen molar-refractivity contribution in [3.63, 3.8) is 0 Å². The van der Waals surface area contributed by atoms with Crippen molar-refractivity contribution in [1.29, 1.82) is 0 Å². The van der Waals surface area contributed by atoms with Crippen LogP contribution in [0.2, 0.25) is 0 Å². The quantitative estimate of drug-likeness (QED) is 0.471. The van der Waals surface area contributed by atoms with Gasteiger partial charge in [-0.15, -0.1) is 0 Å². The van der Waals surface area contributed by atoms with Crippen LogP contribution in [0.4, 0.5) is 0 Å². The first-order chi connectivity index (χ1) is 6.68. The molecule has 0 saturated carbocycles. The highest BCUT2D eigenvalue weighted by molar-refractivity contribution is 5.90. The standard InChI is InChI=1S/C12H16O2/c1-8-5-3-4-6-10(8)11-7-9(2)12(13)14-11/h7,11H,3-6H2,1-2H3. The van der Waals surface area contributed by atoms with Crippen LogP contribution < -0.4 is 0 Å². The average Bonchev–Trinajstić information content (AvgIpc) is 2.48. The van der Waals surface area contributed by atoms with E-state index < -0.39 is 0 Å². The van der Waals surface area contributed by atoms with E-state index in [1.165, 1.54) is 24.0 Å². The van der Waals surface area contributed by atoms with Crippen LogP contribution in [-0.4, -0.2) is 12.1 Å². The Labute approximate surface area is 84.6 Å². The highest BCUT2D eigenvalue weighted by Gasteiger charge is 2.27. The number of ether oxygens (including phenoxy) is 1. The van der Waals surface area contributed by atoms with Gasteiger partial charge in [0.15, 0.2) is 0 Å². The molecule has 0 fully saturated rings. The third-order valence-electron chi connectivity index (χ3n) is 3.10. The van der Waals surface area contributed by atoms with Crippen molar-refractivity contribution < 1.29 is 9.53 Å². The second-order valence-corrected chi connectivity index (χ2v) is 4.19. The molecule has 2 heteroatoms. The molecule has 0 aromatic heterocycles. The van der Waals surface area contributed by atoms with Gasteiger partial charge in [-0.2, -0.15) is 0 Å². The van der Waals surface area contributed by atoms with Crippen LogP contribution in [0.25, 0.3) is 0 Å². The zero-order valence-electron chi connectivity index (χ0n) is 8.80. The van der Waals surface area contributed by atoms with Gasteiger partial charge in [0.2, 0.25) is 0 Å². The first kappa shape index (κ1) is 9.50. The zero-order valence-corrected chi connectivity index (χ0v) is 8.80. The Morgan fingerprint density at radius 3 is 2.57 bits per heavy atom. The Bertz CT molecular complexity index is 323. The lowest BCUT2D eigenvalue weighted by molar-refractivity contribution is -0.138. The summed E-state index contributed by atoms with van der Waals surface area (Å²) in [6, 6.07) is 0. The predicted octanol–water partition coefficient (Wildman–Crippen LogP) is 2.75. The van der Waals surface area contributed by atoms with Crippen molar-refractivity contribution in [2.75, 3.05) is 0 Å². The van der Waals surface area contributed by atoms with Gasteiger partial charge in [0.25, 0.3) is 0 Å². The van der Waals surface area contributed by atoms with Gasteiger partial charge in [-0.05, 0) is 51.2 Å². The van der Waals surface area contributed by atoms with E-state index in [0.717, 1.165) is 18.4 Å². The minimum atomic E-state index is -0.152. The van der Waals surface area contributed by atoms with E-state index in [9.17, 15) is 4.79 Å². The molecule has 76 valence electrons. The third-order valence-corrected chi connectivity index (χ3v) is 3.10. The molecule has 0 amide bonds. The normalized spacial score (nSPS) is 27.7. The molecule has 2 rings (SSSR count). The lowest BCUT2D eigenvalue weighted by Crippen LogP contribution is -2.15. The highest BCUT2D eigenvalue weighted by atomic mass is 16.5. The molecule has 2 nitrogen and oxygen atoms in total. The molecule has 0 N–H and O–H groups in total. The summed E-state index contributed by atoms with van der Waals surface area (Å²) in [5, 5.41) is 0. The van der Waals surface area contributed by atoms with E-state index >= 15 is 0 Å². The maximum atomic E-state index is 11.2. The zero-order chi connectivity index (χ0) is 10.1. The molecule has 2 aliphatic rings. The number of carbonyl (C=O) groups excluding carboxylic acids is 1. The maximum absolute atomic E-state index is 11.2. The number of hydrogen-bond donors (Lipinski definition) is 0. The van der Waals surface area contributed by atoms with Crippen LogP contribution in [0.3, 0.4) is 0 Å². The molecule has 0 spiro atoms. The Balaban J connectivity index is 2.20. The predicted molar refractivity (Wildman–Crippen MR) is 54.8 cm³/mol. The van der Waals surface area contributed by atoms with Crippen LogP contribution in [0.5, 0.6) is 0 Å². The van der Waals surface area contributed by atoms with E-state index in [2.05, 4.69) is 6.92 Å². The Kier molecular flexibility index (Phi) is 2.44. The van der Waals surface area contributed by atoms with Crippen LogP contribution >= 0.6 is 0 Å². The summed E-state index contributed by atoms with van der Waals surface area (Å²) in [5.74, 6) is -0.152. The van der Waals surface area contributed by atoms with E-state index in [0.29, 0.717) is 0 Å². The van der Waals surface area contributed by atoms with Gasteiger partial charge < -0.3 is 4.74 Å². The largest absolute Gasteiger partial charge is 0.450 e. The number of cyclic esters (lactones) is 1. The van der Waals surface area contributed by atoms with E-state index in [1.54, 1.807) is 0 Å². The van der Waals surface area contributed by atoms with Crippen molar-refractivity contribution in [2.24, 2.45) is 0 Å². The molecule has 1 unspecified atom stereocenters. The van der Waals surface area contributed by atoms with E-state index in [-0.39, 0.29) is 12.1 Å². The van der Waals surface area contributed by atoms with Crippen molar-refractivity contribution >= 4 is 5.97 Å². The molecule has 14 heavy (non-hydrogen) atoms. The van der Waals surface area contributed by atoms with Gasteiger partial charge in [-0.25, -0.2) is 4.79 Å². The molecule has 0 radical (unpaired) electrons. The second-order valence-electron chi connectivity index (χ2n) is 4.19. The third kappa shape index (κ3) is 1.61. The number of allylic oxidation sites excluding steroid dienone is 1. The lowest BCUT2D eigenvalue weighted by atomic mass is 9.89. The summed E-state index contributed by atoms with van der Waals surface area (Å²) in [6.07, 6.45) is 6.66. The lowest BCUT2D eigenvalue weighted by Gasteiger charge is -2.21. The Morgan fingerprint density at radius 1 is 1.29 bits per heavy atom. The number of rotatable bonds is 1. The number of esters is 1. The van der Waals surface area contributed by atoms with Gasteiger partial charge in [-0.1, -0.05) is 5.57 Å². The molecular formula is C12H16O2. The fourth-order valence-corrected chi connectivity index (χ4v) is 2.17. The second kappa shape index (κ2) is 3.60. The summed E-state index contributed by atoms with van der Waals surface area (Å²) in [6.45, 7) is 3.98. The van der Waals surface area contributed by atoms with Crippen molar-refractivity contribution in [1.82, 2.24) is 0 Å². The number of carbonyl (C=O) groups is 1. The topological polar surface area (TPSA) is 26.3 Å². The van der Waals surface area contributed by atoms with Crippen molar-refractivity contribution in [3.8, 4) is 0 Å². The fraction of sp³-hybridized carbons (Fsp3) is 0.583. The van der Waals surface area contributed by atoms with Gasteiger partial charge in [0, 0.05) is 5.57 Å². The maximum Gasteiger partial charge on any atom is 0.334 e. The van der Waals surface area contributed by atoms with Crippen LogP contribution in [-0.2, 0) is 9.53 Å². The Hall–Kier alpha value is -1.05. The molecule has 1 heterocycles. The summed E-state index contributed by atoms with van der Waals surface area (Å²) >= 11 is 0. The monoisotopic (exact) mass is 192 g/mol. The number of hydrogen-bond acceptors (Lipinski definition) is 2. The SMILES string of the molecule is CC1=CC(C2=C(C)CCCC2)OC1=O. The van der Waals surface area contributed by atoms with Crippen LogP contribution in [0.1, 0.15) is 39.5 Å².